The van der Waals surface area contributed by atoms with Gasteiger partial charge in [0.2, 0.25) is 0 Å². The molecule has 16 heavy (non-hydrogen) atoms. The molecule has 1 aliphatic rings. The topological polar surface area (TPSA) is 59.1 Å². The molecule has 4 heteroatoms. The number of aryl methyl sites for hydroxylation is 2. The monoisotopic (exact) mass is 240 g/mol. The summed E-state index contributed by atoms with van der Waals surface area (Å²) in [7, 11) is 0. The smallest absolute Gasteiger partial charge is 0.0797 e. The van der Waals surface area contributed by atoms with Crippen LogP contribution in [0.25, 0.3) is 0 Å². The molecule has 0 amide bonds. The van der Waals surface area contributed by atoms with Crippen LogP contribution in [0.5, 0.6) is 0 Å². The zero-order chi connectivity index (χ0) is 11.6. The van der Waals surface area contributed by atoms with E-state index in [2.05, 4.69) is 4.98 Å². The van der Waals surface area contributed by atoms with E-state index in [-0.39, 0.29) is 11.5 Å². The summed E-state index contributed by atoms with van der Waals surface area (Å²) < 4.78 is 0. The Morgan fingerprint density at radius 3 is 3.00 bits per heavy atom. The number of rotatable bonds is 4. The van der Waals surface area contributed by atoms with Crippen LogP contribution in [0.4, 0.5) is 0 Å². The number of aromatic nitrogens is 1. The van der Waals surface area contributed by atoms with Gasteiger partial charge < -0.3 is 10.8 Å². The van der Waals surface area contributed by atoms with Crippen LogP contribution >= 0.6 is 11.3 Å². The molecule has 1 aliphatic carbocycles. The average molecular weight is 240 g/mol. The third kappa shape index (κ3) is 2.14. The summed E-state index contributed by atoms with van der Waals surface area (Å²) in [6.45, 7) is 2.65. The van der Waals surface area contributed by atoms with Crippen molar-refractivity contribution in [2.45, 2.75) is 45.1 Å². The number of nitrogens with zero attached hydrogens (tertiary/aromatic N) is 1. The Hall–Kier alpha value is -0.450. The standard InChI is InChI=1S/C12H20N2OS/c1-9-10(16-8-14-9)4-6-12(7-13)5-2-3-11(12)15/h8,11,15H,2-7,13H2,1H3. The van der Waals surface area contributed by atoms with Crippen LogP contribution in [0.1, 0.15) is 36.3 Å². The van der Waals surface area contributed by atoms with Gasteiger partial charge in [-0.1, -0.05) is 6.42 Å². The van der Waals surface area contributed by atoms with E-state index in [9.17, 15) is 5.11 Å². The number of aliphatic hydroxyl groups excluding tert-OH is 1. The van der Waals surface area contributed by atoms with E-state index in [0.717, 1.165) is 37.8 Å². The highest BCUT2D eigenvalue weighted by molar-refractivity contribution is 7.09. The van der Waals surface area contributed by atoms with Crippen LogP contribution in [0.2, 0.25) is 0 Å². The van der Waals surface area contributed by atoms with Crippen molar-refractivity contribution < 1.29 is 5.11 Å². The fourth-order valence-corrected chi connectivity index (χ4v) is 3.46. The first-order valence-electron chi connectivity index (χ1n) is 5.95. The maximum Gasteiger partial charge on any atom is 0.0797 e. The highest BCUT2D eigenvalue weighted by Crippen LogP contribution is 2.41. The van der Waals surface area contributed by atoms with Gasteiger partial charge in [0.15, 0.2) is 0 Å². The molecule has 2 rings (SSSR count). The van der Waals surface area contributed by atoms with E-state index in [1.54, 1.807) is 11.3 Å². The first kappa shape index (κ1) is 12.0. The number of hydrogen-bond acceptors (Lipinski definition) is 4. The molecule has 3 N–H and O–H groups in total. The highest BCUT2D eigenvalue weighted by atomic mass is 32.1. The van der Waals surface area contributed by atoms with Crippen LogP contribution in [-0.2, 0) is 6.42 Å². The molecule has 0 saturated heterocycles. The summed E-state index contributed by atoms with van der Waals surface area (Å²) in [6.07, 6.45) is 4.89. The van der Waals surface area contributed by atoms with Crippen molar-refractivity contribution in [3.8, 4) is 0 Å². The largest absolute Gasteiger partial charge is 0.393 e. The predicted molar refractivity (Wildman–Crippen MR) is 66.5 cm³/mol. The van der Waals surface area contributed by atoms with Gasteiger partial charge in [0.1, 0.15) is 0 Å². The first-order chi connectivity index (χ1) is 7.68. The molecular formula is C12H20N2OS. The predicted octanol–water partition coefficient (Wildman–Crippen LogP) is 1.87. The van der Waals surface area contributed by atoms with Crippen LogP contribution in [0.3, 0.4) is 0 Å². The third-order valence-electron chi connectivity index (χ3n) is 3.96. The van der Waals surface area contributed by atoms with Gasteiger partial charge >= 0.3 is 0 Å². The molecule has 0 bridgehead atoms. The Balaban J connectivity index is 2.00. The van der Waals surface area contributed by atoms with Crippen molar-refractivity contribution in [1.29, 1.82) is 0 Å². The van der Waals surface area contributed by atoms with Crippen LogP contribution in [0, 0.1) is 12.3 Å². The lowest BCUT2D eigenvalue weighted by molar-refractivity contribution is 0.0524. The van der Waals surface area contributed by atoms with E-state index in [1.807, 2.05) is 12.4 Å². The van der Waals surface area contributed by atoms with Crippen molar-refractivity contribution in [3.63, 3.8) is 0 Å². The zero-order valence-electron chi connectivity index (χ0n) is 9.78. The van der Waals surface area contributed by atoms with Gasteiger partial charge in [-0.15, -0.1) is 11.3 Å². The van der Waals surface area contributed by atoms with Crippen LogP contribution in [0.15, 0.2) is 5.51 Å². The lowest BCUT2D eigenvalue weighted by atomic mass is 9.79. The molecule has 2 unspecified atom stereocenters. The molecule has 90 valence electrons. The molecule has 0 spiro atoms. The number of thiazole rings is 1. The Bertz CT molecular complexity index is 353. The van der Waals surface area contributed by atoms with E-state index in [0.29, 0.717) is 6.54 Å². The normalized spacial score (nSPS) is 29.8. The molecule has 1 aromatic rings. The highest BCUT2D eigenvalue weighted by Gasteiger charge is 2.40. The molecular weight excluding hydrogens is 220 g/mol. The summed E-state index contributed by atoms with van der Waals surface area (Å²) >= 11 is 1.71. The minimum absolute atomic E-state index is 0.0313. The van der Waals surface area contributed by atoms with Crippen molar-refractivity contribution in [2.24, 2.45) is 11.1 Å². The Morgan fingerprint density at radius 2 is 2.50 bits per heavy atom. The maximum atomic E-state index is 10.0. The van der Waals surface area contributed by atoms with Crippen molar-refractivity contribution >= 4 is 11.3 Å². The zero-order valence-corrected chi connectivity index (χ0v) is 10.6. The van der Waals surface area contributed by atoms with Crippen molar-refractivity contribution in [3.05, 3.63) is 16.1 Å². The maximum absolute atomic E-state index is 10.0. The average Bonchev–Trinajstić information content (AvgIpc) is 2.84. The molecule has 1 fully saturated rings. The van der Waals surface area contributed by atoms with Crippen LogP contribution < -0.4 is 5.73 Å². The molecule has 1 heterocycles. The van der Waals surface area contributed by atoms with E-state index in [1.165, 1.54) is 4.88 Å². The van der Waals surface area contributed by atoms with E-state index in [4.69, 9.17) is 5.73 Å². The minimum atomic E-state index is -0.203. The molecule has 2 atom stereocenters. The van der Waals surface area contributed by atoms with Crippen LogP contribution in [-0.4, -0.2) is 22.7 Å². The molecule has 1 aromatic heterocycles. The van der Waals surface area contributed by atoms with Crippen molar-refractivity contribution in [2.75, 3.05) is 6.54 Å². The summed E-state index contributed by atoms with van der Waals surface area (Å²) in [6, 6.07) is 0. The van der Waals surface area contributed by atoms with Crippen molar-refractivity contribution in [1.82, 2.24) is 4.98 Å². The summed E-state index contributed by atoms with van der Waals surface area (Å²) in [5.74, 6) is 0. The summed E-state index contributed by atoms with van der Waals surface area (Å²) in [5, 5.41) is 10.0. The molecule has 0 aromatic carbocycles. The first-order valence-corrected chi connectivity index (χ1v) is 6.83. The fraction of sp³-hybridized carbons (Fsp3) is 0.750. The Morgan fingerprint density at radius 1 is 1.69 bits per heavy atom. The van der Waals surface area contributed by atoms with Gasteiger partial charge in [-0.05, 0) is 32.6 Å². The summed E-state index contributed by atoms with van der Waals surface area (Å²) in [4.78, 5) is 5.59. The van der Waals surface area contributed by atoms with Gasteiger partial charge in [0.25, 0.3) is 0 Å². The van der Waals surface area contributed by atoms with Gasteiger partial charge in [-0.2, -0.15) is 0 Å². The quantitative estimate of drug-likeness (QED) is 0.844. The second-order valence-corrected chi connectivity index (χ2v) is 5.77. The molecule has 1 saturated carbocycles. The molecule has 0 aliphatic heterocycles. The van der Waals surface area contributed by atoms with E-state index >= 15 is 0 Å². The second-order valence-electron chi connectivity index (χ2n) is 4.84. The minimum Gasteiger partial charge on any atom is -0.393 e. The summed E-state index contributed by atoms with van der Waals surface area (Å²) in [5.41, 5.74) is 8.86. The third-order valence-corrected chi connectivity index (χ3v) is 4.96. The van der Waals surface area contributed by atoms with E-state index < -0.39 is 0 Å². The second kappa shape index (κ2) is 4.82. The van der Waals surface area contributed by atoms with Gasteiger partial charge in [0.05, 0.1) is 17.3 Å². The number of aliphatic hydroxyl groups is 1. The fourth-order valence-electron chi connectivity index (χ4n) is 2.68. The molecule has 3 nitrogen and oxygen atoms in total. The van der Waals surface area contributed by atoms with Gasteiger partial charge in [0, 0.05) is 16.8 Å². The van der Waals surface area contributed by atoms with Gasteiger partial charge in [-0.3, -0.25) is 0 Å². The lowest BCUT2D eigenvalue weighted by Gasteiger charge is -2.31. The lowest BCUT2D eigenvalue weighted by Crippen LogP contribution is -2.38. The number of nitrogens with two attached hydrogens (primary N) is 1. The Kier molecular flexibility index (Phi) is 3.62. The van der Waals surface area contributed by atoms with Gasteiger partial charge in [-0.25, -0.2) is 4.98 Å². The SMILES string of the molecule is Cc1ncsc1CCC1(CN)CCCC1O. The molecule has 0 radical (unpaired) electrons. The number of hydrogen-bond donors (Lipinski definition) is 2. The Labute approximate surface area is 101 Å².